The van der Waals surface area contributed by atoms with Gasteiger partial charge >= 0.3 is 5.97 Å². The Labute approximate surface area is 102 Å². The van der Waals surface area contributed by atoms with Crippen molar-refractivity contribution in [2.24, 2.45) is 0 Å². The second-order valence-electron chi connectivity index (χ2n) is 4.98. The van der Waals surface area contributed by atoms with Crippen molar-refractivity contribution < 1.29 is 9.90 Å². The third-order valence-electron chi connectivity index (χ3n) is 3.61. The average Bonchev–Trinajstić information content (AvgIpc) is 3.06. The Morgan fingerprint density at radius 1 is 1.35 bits per heavy atom. The van der Waals surface area contributed by atoms with Crippen molar-refractivity contribution >= 4 is 5.97 Å². The highest BCUT2D eigenvalue weighted by molar-refractivity contribution is 5.75. The molecule has 0 aliphatic heterocycles. The highest BCUT2D eigenvalue weighted by Gasteiger charge is 2.35. The first-order valence-corrected chi connectivity index (χ1v) is 6.02. The van der Waals surface area contributed by atoms with Gasteiger partial charge in [0.25, 0.3) is 0 Å². The summed E-state index contributed by atoms with van der Waals surface area (Å²) in [5.41, 5.74) is 3.24. The summed E-state index contributed by atoms with van der Waals surface area (Å²) in [7, 11) is 1.91. The molecule has 0 bridgehead atoms. The van der Waals surface area contributed by atoms with E-state index in [-0.39, 0.29) is 0 Å². The van der Waals surface area contributed by atoms with Crippen molar-refractivity contribution in [3.8, 4) is 0 Å². The lowest BCUT2D eigenvalue weighted by atomic mass is 10.00. The zero-order valence-electron chi connectivity index (χ0n) is 10.6. The smallest absolute Gasteiger partial charge is 0.325 e. The third kappa shape index (κ3) is 2.50. The molecule has 0 saturated heterocycles. The highest BCUT2D eigenvalue weighted by atomic mass is 16.4. The molecule has 0 aromatic heterocycles. The predicted octanol–water partition coefficient (Wildman–Crippen LogP) is 2.52. The molecule has 1 aromatic rings. The molecule has 1 aliphatic rings. The lowest BCUT2D eigenvalue weighted by molar-refractivity contribution is -0.143. The number of carboxylic acid groups (broad SMARTS) is 1. The van der Waals surface area contributed by atoms with Crippen LogP contribution in [0.2, 0.25) is 0 Å². The van der Waals surface area contributed by atoms with Gasteiger partial charge in [-0.15, -0.1) is 0 Å². The largest absolute Gasteiger partial charge is 0.480 e. The number of carbonyl (C=O) groups is 1. The van der Waals surface area contributed by atoms with E-state index in [9.17, 15) is 9.90 Å². The fourth-order valence-electron chi connectivity index (χ4n) is 2.18. The Hall–Kier alpha value is -1.35. The molecular formula is C14H19NO2. The summed E-state index contributed by atoms with van der Waals surface area (Å²) in [6.45, 7) is 4.06. The number of hydrogen-bond donors (Lipinski definition) is 1. The van der Waals surface area contributed by atoms with E-state index in [0.29, 0.717) is 6.04 Å². The summed E-state index contributed by atoms with van der Waals surface area (Å²) >= 11 is 0. The van der Waals surface area contributed by atoms with E-state index < -0.39 is 12.0 Å². The first kappa shape index (κ1) is 12.1. The lowest BCUT2D eigenvalue weighted by Gasteiger charge is -2.25. The summed E-state index contributed by atoms with van der Waals surface area (Å²) in [6, 6.07) is 5.86. The van der Waals surface area contributed by atoms with Crippen LogP contribution in [0, 0.1) is 13.8 Å². The van der Waals surface area contributed by atoms with E-state index in [0.717, 1.165) is 24.0 Å². The Kier molecular flexibility index (Phi) is 3.20. The molecule has 3 nitrogen and oxygen atoms in total. The summed E-state index contributed by atoms with van der Waals surface area (Å²) < 4.78 is 0. The predicted molar refractivity (Wildman–Crippen MR) is 67.1 cm³/mol. The van der Waals surface area contributed by atoms with Gasteiger partial charge in [0.15, 0.2) is 0 Å². The molecule has 92 valence electrons. The van der Waals surface area contributed by atoms with Gasteiger partial charge < -0.3 is 5.11 Å². The molecule has 1 unspecified atom stereocenters. The van der Waals surface area contributed by atoms with Crippen LogP contribution >= 0.6 is 0 Å². The van der Waals surface area contributed by atoms with Gasteiger partial charge in [0.2, 0.25) is 0 Å². The first-order chi connectivity index (χ1) is 8.00. The Morgan fingerprint density at radius 3 is 2.47 bits per heavy atom. The maximum Gasteiger partial charge on any atom is 0.325 e. The molecule has 0 radical (unpaired) electrons. The minimum absolute atomic E-state index is 0.442. The van der Waals surface area contributed by atoms with Crippen LogP contribution in [0.4, 0.5) is 0 Å². The number of aryl methyl sites for hydroxylation is 2. The van der Waals surface area contributed by atoms with Crippen LogP contribution in [0.3, 0.4) is 0 Å². The van der Waals surface area contributed by atoms with Gasteiger partial charge in [-0.25, -0.2) is 0 Å². The number of hydrogen-bond acceptors (Lipinski definition) is 2. The van der Waals surface area contributed by atoms with Crippen LogP contribution in [0.1, 0.15) is 35.6 Å². The zero-order chi connectivity index (χ0) is 12.6. The number of benzene rings is 1. The molecule has 1 aromatic carbocycles. The maximum atomic E-state index is 11.4. The van der Waals surface area contributed by atoms with Gasteiger partial charge in [-0.2, -0.15) is 0 Å². The normalized spacial score (nSPS) is 17.2. The van der Waals surface area contributed by atoms with Crippen molar-refractivity contribution in [3.63, 3.8) is 0 Å². The number of rotatable bonds is 4. The molecular weight excluding hydrogens is 214 g/mol. The van der Waals surface area contributed by atoms with Crippen LogP contribution in [0.5, 0.6) is 0 Å². The average molecular weight is 233 g/mol. The van der Waals surface area contributed by atoms with Crippen LogP contribution in [-0.2, 0) is 4.79 Å². The summed E-state index contributed by atoms with van der Waals surface area (Å²) in [5.74, 6) is -0.761. The first-order valence-electron chi connectivity index (χ1n) is 6.02. The molecule has 2 rings (SSSR count). The minimum Gasteiger partial charge on any atom is -0.480 e. The summed E-state index contributed by atoms with van der Waals surface area (Å²) in [4.78, 5) is 13.4. The van der Waals surface area contributed by atoms with Gasteiger partial charge in [0.05, 0.1) is 0 Å². The van der Waals surface area contributed by atoms with E-state index in [4.69, 9.17) is 0 Å². The fourth-order valence-corrected chi connectivity index (χ4v) is 2.18. The number of aliphatic carboxylic acids is 1. The van der Waals surface area contributed by atoms with Gasteiger partial charge in [-0.3, -0.25) is 9.69 Å². The number of carboxylic acids is 1. The topological polar surface area (TPSA) is 40.5 Å². The Morgan fingerprint density at radius 2 is 2.00 bits per heavy atom. The highest BCUT2D eigenvalue weighted by Crippen LogP contribution is 2.33. The standard InChI is InChI=1S/C14H19NO2/c1-9-4-5-11(8-10(9)2)13(14(16)17)15(3)12-6-7-12/h4-5,8,12-13H,6-7H2,1-3H3,(H,16,17). The molecule has 1 saturated carbocycles. The molecule has 1 atom stereocenters. The summed E-state index contributed by atoms with van der Waals surface area (Å²) in [6.07, 6.45) is 2.23. The lowest BCUT2D eigenvalue weighted by Crippen LogP contribution is -2.32. The molecule has 0 amide bonds. The van der Waals surface area contributed by atoms with Crippen LogP contribution in [0.15, 0.2) is 18.2 Å². The van der Waals surface area contributed by atoms with Gasteiger partial charge in [-0.05, 0) is 50.4 Å². The molecule has 1 N–H and O–H groups in total. The molecule has 17 heavy (non-hydrogen) atoms. The van der Waals surface area contributed by atoms with Crippen LogP contribution in [0.25, 0.3) is 0 Å². The van der Waals surface area contributed by atoms with E-state index in [1.54, 1.807) is 0 Å². The van der Waals surface area contributed by atoms with E-state index in [1.165, 1.54) is 5.56 Å². The van der Waals surface area contributed by atoms with Crippen LogP contribution < -0.4 is 0 Å². The number of likely N-dealkylation sites (N-methyl/N-ethyl adjacent to an activating group) is 1. The van der Waals surface area contributed by atoms with Crippen LogP contribution in [-0.4, -0.2) is 29.1 Å². The Balaban J connectivity index is 2.31. The maximum absolute atomic E-state index is 11.4. The fraction of sp³-hybridized carbons (Fsp3) is 0.500. The van der Waals surface area contributed by atoms with Gasteiger partial charge in [0, 0.05) is 6.04 Å². The van der Waals surface area contributed by atoms with Gasteiger partial charge in [-0.1, -0.05) is 18.2 Å². The second kappa shape index (κ2) is 4.49. The molecule has 0 heterocycles. The van der Waals surface area contributed by atoms with Crippen molar-refractivity contribution in [3.05, 3.63) is 34.9 Å². The van der Waals surface area contributed by atoms with Crippen molar-refractivity contribution in [2.45, 2.75) is 38.8 Å². The molecule has 1 aliphatic carbocycles. The summed E-state index contributed by atoms with van der Waals surface area (Å²) in [5, 5.41) is 9.39. The zero-order valence-corrected chi connectivity index (χ0v) is 10.6. The molecule has 1 fully saturated rings. The van der Waals surface area contributed by atoms with E-state index in [1.807, 2.05) is 44.0 Å². The number of nitrogens with zero attached hydrogens (tertiary/aromatic N) is 1. The quantitative estimate of drug-likeness (QED) is 0.868. The Bertz CT molecular complexity index is 438. The van der Waals surface area contributed by atoms with Crippen molar-refractivity contribution in [1.29, 1.82) is 0 Å². The van der Waals surface area contributed by atoms with E-state index >= 15 is 0 Å². The van der Waals surface area contributed by atoms with Gasteiger partial charge in [0.1, 0.15) is 6.04 Å². The minimum atomic E-state index is -0.761. The van der Waals surface area contributed by atoms with Crippen molar-refractivity contribution in [1.82, 2.24) is 4.90 Å². The SMILES string of the molecule is Cc1ccc(C(C(=O)O)N(C)C2CC2)cc1C. The van der Waals surface area contributed by atoms with E-state index in [2.05, 4.69) is 0 Å². The van der Waals surface area contributed by atoms with Crippen molar-refractivity contribution in [2.75, 3.05) is 7.05 Å². The second-order valence-corrected chi connectivity index (χ2v) is 4.98. The monoisotopic (exact) mass is 233 g/mol. The molecule has 0 spiro atoms. The third-order valence-corrected chi connectivity index (χ3v) is 3.61. The molecule has 3 heteroatoms.